The van der Waals surface area contributed by atoms with Crippen molar-refractivity contribution in [1.82, 2.24) is 14.7 Å². The molecule has 0 bridgehead atoms. The lowest BCUT2D eigenvalue weighted by molar-refractivity contribution is 0.0431. The summed E-state index contributed by atoms with van der Waals surface area (Å²) in [6, 6.07) is 1.28. The number of rotatable bonds is 3. The Bertz CT molecular complexity index is 320. The fourth-order valence-corrected chi connectivity index (χ4v) is 4.40. The molecule has 0 aromatic carbocycles. The second-order valence-corrected chi connectivity index (χ2v) is 7.57. The molecule has 2 rings (SSSR count). The Kier molecular flexibility index (Phi) is 6.06. The van der Waals surface area contributed by atoms with Gasteiger partial charge in [-0.2, -0.15) is 0 Å². The Morgan fingerprint density at radius 2 is 1.86 bits per heavy atom. The van der Waals surface area contributed by atoms with Gasteiger partial charge in [0, 0.05) is 43.8 Å². The van der Waals surface area contributed by atoms with Crippen LogP contribution in [0.1, 0.15) is 46.5 Å². The van der Waals surface area contributed by atoms with Crippen LogP contribution in [0.15, 0.2) is 0 Å². The Balaban J connectivity index is 2.12. The highest BCUT2D eigenvalue weighted by molar-refractivity contribution is 4.98. The minimum absolute atomic E-state index is 0.230. The van der Waals surface area contributed by atoms with E-state index >= 15 is 0 Å². The molecule has 0 aliphatic carbocycles. The summed E-state index contributed by atoms with van der Waals surface area (Å²) in [7, 11) is 2.25. The van der Waals surface area contributed by atoms with E-state index in [0.29, 0.717) is 12.1 Å². The van der Waals surface area contributed by atoms with Crippen molar-refractivity contribution in [2.24, 2.45) is 5.73 Å². The molecular weight excluding hydrogens is 260 g/mol. The molecule has 2 atom stereocenters. The average Bonchev–Trinajstić information content (AvgIpc) is 2.75. The third-order valence-electron chi connectivity index (χ3n) is 5.72. The third-order valence-corrected chi connectivity index (χ3v) is 5.72. The number of likely N-dealkylation sites (N-methyl/N-ethyl adjacent to an activating group) is 1. The van der Waals surface area contributed by atoms with Gasteiger partial charge in [-0.3, -0.25) is 4.90 Å². The molecule has 2 unspecified atom stereocenters. The molecule has 0 aromatic rings. The molecule has 2 saturated heterocycles. The molecule has 4 nitrogen and oxygen atoms in total. The van der Waals surface area contributed by atoms with Gasteiger partial charge in [0.1, 0.15) is 0 Å². The van der Waals surface area contributed by atoms with Crippen molar-refractivity contribution in [2.45, 2.75) is 64.1 Å². The Hall–Kier alpha value is -0.160. The molecular formula is C17H36N4. The summed E-state index contributed by atoms with van der Waals surface area (Å²) in [6.07, 6.45) is 5.06. The molecule has 21 heavy (non-hydrogen) atoms. The summed E-state index contributed by atoms with van der Waals surface area (Å²) in [6.45, 7) is 13.9. The van der Waals surface area contributed by atoms with Gasteiger partial charge < -0.3 is 15.5 Å². The summed E-state index contributed by atoms with van der Waals surface area (Å²) in [4.78, 5) is 7.87. The number of nitrogens with two attached hydrogens (primary N) is 1. The maximum atomic E-state index is 6.33. The van der Waals surface area contributed by atoms with Gasteiger partial charge in [0.15, 0.2) is 0 Å². The molecule has 2 aliphatic rings. The third kappa shape index (κ3) is 3.98. The fourth-order valence-electron chi connectivity index (χ4n) is 4.40. The minimum atomic E-state index is 0.230. The Labute approximate surface area is 131 Å². The summed E-state index contributed by atoms with van der Waals surface area (Å²) in [5.41, 5.74) is 6.56. The lowest BCUT2D eigenvalue weighted by Crippen LogP contribution is -2.58. The van der Waals surface area contributed by atoms with Gasteiger partial charge in [-0.1, -0.05) is 0 Å². The zero-order valence-corrected chi connectivity index (χ0v) is 14.6. The van der Waals surface area contributed by atoms with Crippen LogP contribution in [0, 0.1) is 0 Å². The Morgan fingerprint density at radius 3 is 2.52 bits per heavy atom. The van der Waals surface area contributed by atoms with Crippen LogP contribution in [0.4, 0.5) is 0 Å². The van der Waals surface area contributed by atoms with Gasteiger partial charge in [-0.15, -0.1) is 0 Å². The van der Waals surface area contributed by atoms with E-state index in [4.69, 9.17) is 5.73 Å². The maximum absolute atomic E-state index is 6.33. The molecule has 124 valence electrons. The van der Waals surface area contributed by atoms with E-state index in [1.54, 1.807) is 0 Å². The topological polar surface area (TPSA) is 35.7 Å². The van der Waals surface area contributed by atoms with E-state index in [1.807, 2.05) is 0 Å². The molecule has 2 fully saturated rings. The standard InChI is InChI=1S/C17H36N4/c1-15(2)20-10-5-7-17(14-18,8-12-20)21-11-6-9-19(4)13-16(21)3/h15-16H,5-14,18H2,1-4H3. The zero-order chi connectivity index (χ0) is 15.5. The molecule has 0 saturated carbocycles. The smallest absolute Gasteiger partial charge is 0.0347 e. The van der Waals surface area contributed by atoms with Crippen molar-refractivity contribution in [1.29, 1.82) is 0 Å². The van der Waals surface area contributed by atoms with Crippen LogP contribution >= 0.6 is 0 Å². The van der Waals surface area contributed by atoms with Crippen molar-refractivity contribution >= 4 is 0 Å². The molecule has 4 heteroatoms. The van der Waals surface area contributed by atoms with Gasteiger partial charge in [-0.05, 0) is 66.6 Å². The second-order valence-electron chi connectivity index (χ2n) is 7.57. The number of hydrogen-bond donors (Lipinski definition) is 1. The average molecular weight is 297 g/mol. The fraction of sp³-hybridized carbons (Fsp3) is 1.00. The predicted octanol–water partition coefficient (Wildman–Crippen LogP) is 1.60. The maximum Gasteiger partial charge on any atom is 0.0347 e. The second kappa shape index (κ2) is 7.40. The van der Waals surface area contributed by atoms with Crippen molar-refractivity contribution in [3.05, 3.63) is 0 Å². The first-order valence-electron chi connectivity index (χ1n) is 8.88. The van der Waals surface area contributed by atoms with Crippen LogP contribution in [0.5, 0.6) is 0 Å². The summed E-state index contributed by atoms with van der Waals surface area (Å²) in [5.74, 6) is 0. The summed E-state index contributed by atoms with van der Waals surface area (Å²) in [5, 5.41) is 0. The molecule has 0 radical (unpaired) electrons. The van der Waals surface area contributed by atoms with E-state index in [1.165, 1.54) is 58.4 Å². The number of likely N-dealkylation sites (tertiary alicyclic amines) is 1. The van der Waals surface area contributed by atoms with Crippen LogP contribution < -0.4 is 5.73 Å². The van der Waals surface area contributed by atoms with Crippen molar-refractivity contribution < 1.29 is 0 Å². The summed E-state index contributed by atoms with van der Waals surface area (Å²) >= 11 is 0. The normalized spacial score (nSPS) is 34.9. The van der Waals surface area contributed by atoms with Crippen LogP contribution in [-0.4, -0.2) is 78.6 Å². The van der Waals surface area contributed by atoms with E-state index in [-0.39, 0.29) is 5.54 Å². The molecule has 2 aliphatic heterocycles. The SMILES string of the molecule is CC(C)N1CCCC(CN)(N2CCCN(C)CC2C)CC1. The van der Waals surface area contributed by atoms with E-state index in [9.17, 15) is 0 Å². The predicted molar refractivity (Wildman–Crippen MR) is 90.6 cm³/mol. The molecule has 0 spiro atoms. The minimum Gasteiger partial charge on any atom is -0.329 e. The quantitative estimate of drug-likeness (QED) is 0.858. The first-order valence-corrected chi connectivity index (χ1v) is 8.88. The number of hydrogen-bond acceptors (Lipinski definition) is 4. The van der Waals surface area contributed by atoms with Gasteiger partial charge in [0.25, 0.3) is 0 Å². The lowest BCUT2D eigenvalue weighted by atomic mass is 9.87. The van der Waals surface area contributed by atoms with Gasteiger partial charge in [0.05, 0.1) is 0 Å². The molecule has 2 N–H and O–H groups in total. The van der Waals surface area contributed by atoms with E-state index in [0.717, 1.165) is 6.54 Å². The monoisotopic (exact) mass is 296 g/mol. The highest BCUT2D eigenvalue weighted by Gasteiger charge is 2.40. The summed E-state index contributed by atoms with van der Waals surface area (Å²) < 4.78 is 0. The zero-order valence-electron chi connectivity index (χ0n) is 14.6. The van der Waals surface area contributed by atoms with E-state index in [2.05, 4.69) is 42.5 Å². The van der Waals surface area contributed by atoms with E-state index < -0.39 is 0 Å². The lowest BCUT2D eigenvalue weighted by Gasteiger charge is -2.46. The Morgan fingerprint density at radius 1 is 1.10 bits per heavy atom. The van der Waals surface area contributed by atoms with Gasteiger partial charge in [-0.25, -0.2) is 0 Å². The van der Waals surface area contributed by atoms with Crippen LogP contribution in [-0.2, 0) is 0 Å². The van der Waals surface area contributed by atoms with Crippen molar-refractivity contribution in [2.75, 3.05) is 46.3 Å². The van der Waals surface area contributed by atoms with Crippen molar-refractivity contribution in [3.63, 3.8) is 0 Å². The van der Waals surface area contributed by atoms with Gasteiger partial charge >= 0.3 is 0 Å². The highest BCUT2D eigenvalue weighted by atomic mass is 15.3. The molecule has 0 amide bonds. The largest absolute Gasteiger partial charge is 0.329 e. The van der Waals surface area contributed by atoms with Crippen LogP contribution in [0.3, 0.4) is 0 Å². The van der Waals surface area contributed by atoms with Crippen molar-refractivity contribution in [3.8, 4) is 0 Å². The van der Waals surface area contributed by atoms with Gasteiger partial charge in [0.2, 0.25) is 0 Å². The highest BCUT2D eigenvalue weighted by Crippen LogP contribution is 2.31. The van der Waals surface area contributed by atoms with Crippen LogP contribution in [0.25, 0.3) is 0 Å². The van der Waals surface area contributed by atoms with Crippen LogP contribution in [0.2, 0.25) is 0 Å². The number of nitrogens with zero attached hydrogens (tertiary/aromatic N) is 3. The first kappa shape index (κ1) is 17.2. The first-order chi connectivity index (χ1) is 9.98. The molecule has 0 aromatic heterocycles. The molecule has 2 heterocycles.